The molecule has 1 amide bonds. The monoisotopic (exact) mass is 409 g/mol. The van der Waals surface area contributed by atoms with Gasteiger partial charge in [-0.25, -0.2) is 9.78 Å². The summed E-state index contributed by atoms with van der Waals surface area (Å²) >= 11 is 0. The predicted molar refractivity (Wildman–Crippen MR) is 116 cm³/mol. The molecule has 0 saturated carbocycles. The van der Waals surface area contributed by atoms with Crippen molar-refractivity contribution in [3.63, 3.8) is 0 Å². The number of fused-ring (bicyclic) bond motifs is 1. The van der Waals surface area contributed by atoms with E-state index in [0.29, 0.717) is 0 Å². The van der Waals surface area contributed by atoms with Crippen molar-refractivity contribution in [1.29, 1.82) is 0 Å². The van der Waals surface area contributed by atoms with Crippen LogP contribution >= 0.6 is 0 Å². The van der Waals surface area contributed by atoms with Gasteiger partial charge in [0.15, 0.2) is 5.65 Å². The summed E-state index contributed by atoms with van der Waals surface area (Å²) in [5.74, 6) is 1.07. The summed E-state index contributed by atoms with van der Waals surface area (Å²) in [6, 6.07) is 14.6. The lowest BCUT2D eigenvalue weighted by molar-refractivity contribution is 0.190. The second kappa shape index (κ2) is 9.10. The van der Waals surface area contributed by atoms with E-state index in [1.807, 2.05) is 28.8 Å². The average Bonchev–Trinajstić information content (AvgIpc) is 3.50. The number of carboxylic acid groups (broad SMARTS) is 1. The number of hydrogen-bond donors (Lipinski definition) is 4. The molecule has 0 aliphatic carbocycles. The van der Waals surface area contributed by atoms with E-state index in [9.17, 15) is 4.79 Å². The number of benzene rings is 1. The molecule has 5 rings (SSSR count). The van der Waals surface area contributed by atoms with E-state index >= 15 is 0 Å². The van der Waals surface area contributed by atoms with Crippen LogP contribution in [0.25, 0.3) is 16.9 Å². The van der Waals surface area contributed by atoms with Crippen LogP contribution < -0.4 is 21.3 Å². The Balaban J connectivity index is 0.000000204. The van der Waals surface area contributed by atoms with Gasteiger partial charge in [-0.2, -0.15) is 9.61 Å². The number of nitrogens with zero attached hydrogens (tertiary/aromatic N) is 4. The molecule has 1 aromatic carbocycles. The van der Waals surface area contributed by atoms with Crippen LogP contribution in [0, 0.1) is 0 Å². The normalized spacial score (nSPS) is 20.8. The largest absolute Gasteiger partial charge is 0.465 e. The third kappa shape index (κ3) is 4.69. The van der Waals surface area contributed by atoms with Gasteiger partial charge in [-0.3, -0.25) is 0 Å². The van der Waals surface area contributed by atoms with Crippen LogP contribution in [0.15, 0.2) is 48.7 Å². The van der Waals surface area contributed by atoms with Crippen LogP contribution in [-0.2, 0) is 0 Å². The number of aromatic nitrogens is 3. The van der Waals surface area contributed by atoms with Gasteiger partial charge in [-0.1, -0.05) is 30.3 Å². The molecule has 3 aromatic rings. The van der Waals surface area contributed by atoms with Crippen molar-refractivity contribution in [3.05, 3.63) is 48.7 Å². The lowest BCUT2D eigenvalue weighted by Crippen LogP contribution is -2.34. The lowest BCUT2D eigenvalue weighted by Gasteiger charge is -2.19. The molecular formula is C21H27N7O2. The van der Waals surface area contributed by atoms with Gasteiger partial charge in [0.1, 0.15) is 5.82 Å². The van der Waals surface area contributed by atoms with Gasteiger partial charge in [0.2, 0.25) is 0 Å². The Hall–Kier alpha value is -3.17. The summed E-state index contributed by atoms with van der Waals surface area (Å²) in [6.45, 7) is 3.53. The van der Waals surface area contributed by atoms with Gasteiger partial charge in [-0.05, 0) is 19.4 Å². The minimum atomic E-state index is -0.927. The first-order valence-electron chi connectivity index (χ1n) is 10.2. The Labute approximate surface area is 174 Å². The van der Waals surface area contributed by atoms with Gasteiger partial charge >= 0.3 is 6.09 Å². The fraction of sp³-hybridized carbons (Fsp3) is 0.381. The van der Waals surface area contributed by atoms with E-state index in [1.54, 1.807) is 6.20 Å². The van der Waals surface area contributed by atoms with Gasteiger partial charge in [0, 0.05) is 49.4 Å². The summed E-state index contributed by atoms with van der Waals surface area (Å²) in [6.07, 6.45) is 2.79. The zero-order valence-electron chi connectivity index (χ0n) is 16.7. The Morgan fingerprint density at radius 3 is 2.73 bits per heavy atom. The molecule has 5 N–H and O–H groups in total. The molecule has 9 nitrogen and oxygen atoms in total. The minimum Gasteiger partial charge on any atom is -0.465 e. The highest BCUT2D eigenvalue weighted by molar-refractivity contribution is 5.67. The first kappa shape index (κ1) is 20.1. The Morgan fingerprint density at radius 2 is 2.07 bits per heavy atom. The topological polar surface area (TPSA) is 121 Å². The van der Waals surface area contributed by atoms with E-state index in [4.69, 9.17) is 15.8 Å². The maximum atomic E-state index is 10.0. The molecule has 2 saturated heterocycles. The molecule has 9 heteroatoms. The highest BCUT2D eigenvalue weighted by atomic mass is 16.4. The highest BCUT2D eigenvalue weighted by Gasteiger charge is 2.22. The standard InChI is InChI=1S/C16H17N5.C5H10N2O2/c17-13-7-9-20(11-13)16-10-14(12-4-2-1-3-5-12)19-15-6-8-18-21(15)16;8-5(9)7-4-1-2-6-3-4/h1-6,8,10,13H,7,9,11,17H2;4,6-7H,1-3H2,(H,8,9)/t13-;4-/m11/s1. The summed E-state index contributed by atoms with van der Waals surface area (Å²) in [7, 11) is 0. The zero-order chi connectivity index (χ0) is 20.9. The number of carbonyl (C=O) groups is 1. The van der Waals surface area contributed by atoms with Crippen LogP contribution in [0.4, 0.5) is 10.6 Å². The quantitative estimate of drug-likeness (QED) is 0.518. The molecular weight excluding hydrogens is 382 g/mol. The number of nitrogens with two attached hydrogens (primary N) is 1. The smallest absolute Gasteiger partial charge is 0.404 e. The van der Waals surface area contributed by atoms with Crippen molar-refractivity contribution in [2.75, 3.05) is 31.1 Å². The maximum Gasteiger partial charge on any atom is 0.404 e. The molecule has 30 heavy (non-hydrogen) atoms. The van der Waals surface area contributed by atoms with E-state index in [1.165, 1.54) is 0 Å². The molecule has 158 valence electrons. The first-order valence-corrected chi connectivity index (χ1v) is 10.2. The third-order valence-electron chi connectivity index (χ3n) is 5.35. The van der Waals surface area contributed by atoms with Crippen LogP contribution in [0.2, 0.25) is 0 Å². The first-order chi connectivity index (χ1) is 14.6. The van der Waals surface area contributed by atoms with Crippen molar-refractivity contribution < 1.29 is 9.90 Å². The van der Waals surface area contributed by atoms with Gasteiger partial charge in [-0.15, -0.1) is 0 Å². The van der Waals surface area contributed by atoms with Gasteiger partial charge in [0.05, 0.1) is 11.9 Å². The highest BCUT2D eigenvalue weighted by Crippen LogP contribution is 2.26. The zero-order valence-corrected chi connectivity index (χ0v) is 16.7. The van der Waals surface area contributed by atoms with Crippen LogP contribution in [-0.4, -0.2) is 64.1 Å². The van der Waals surface area contributed by atoms with Crippen molar-refractivity contribution in [1.82, 2.24) is 25.2 Å². The number of hydrogen-bond acceptors (Lipinski definition) is 6. The van der Waals surface area contributed by atoms with Crippen LogP contribution in [0.1, 0.15) is 12.8 Å². The second-order valence-electron chi connectivity index (χ2n) is 7.60. The molecule has 0 spiro atoms. The van der Waals surface area contributed by atoms with Gasteiger partial charge in [0.25, 0.3) is 0 Å². The van der Waals surface area contributed by atoms with E-state index in [2.05, 4.69) is 38.8 Å². The summed E-state index contributed by atoms with van der Waals surface area (Å²) in [4.78, 5) is 17.0. The minimum absolute atomic E-state index is 0.127. The maximum absolute atomic E-state index is 10.0. The Morgan fingerprint density at radius 1 is 1.23 bits per heavy atom. The Kier molecular flexibility index (Phi) is 6.10. The van der Waals surface area contributed by atoms with Gasteiger partial charge < -0.3 is 26.4 Å². The number of amides is 1. The molecule has 0 bridgehead atoms. The molecule has 2 aliphatic heterocycles. The second-order valence-corrected chi connectivity index (χ2v) is 7.60. The van der Waals surface area contributed by atoms with Crippen molar-refractivity contribution in [2.24, 2.45) is 5.73 Å². The molecule has 0 radical (unpaired) electrons. The summed E-state index contributed by atoms with van der Waals surface area (Å²) in [5.41, 5.74) is 9.00. The lowest BCUT2D eigenvalue weighted by atomic mass is 10.1. The summed E-state index contributed by atoms with van der Waals surface area (Å²) < 4.78 is 1.89. The SMILES string of the molecule is N[C@@H]1CCN(c2cc(-c3ccccc3)nc3ccnn23)C1.O=C(O)N[C@@H]1CCNC1. The molecule has 2 aromatic heterocycles. The number of anilines is 1. The Bertz CT molecular complexity index is 985. The van der Waals surface area contributed by atoms with Crippen LogP contribution in [0.3, 0.4) is 0 Å². The van der Waals surface area contributed by atoms with Crippen molar-refractivity contribution in [3.8, 4) is 11.3 Å². The number of rotatable bonds is 3. The summed E-state index contributed by atoms with van der Waals surface area (Å²) in [5, 5.41) is 18.1. The fourth-order valence-corrected chi connectivity index (χ4v) is 3.83. The van der Waals surface area contributed by atoms with E-state index in [0.717, 1.165) is 61.7 Å². The molecule has 2 fully saturated rings. The van der Waals surface area contributed by atoms with E-state index < -0.39 is 6.09 Å². The van der Waals surface area contributed by atoms with Crippen molar-refractivity contribution in [2.45, 2.75) is 24.9 Å². The van der Waals surface area contributed by atoms with Crippen molar-refractivity contribution >= 4 is 17.6 Å². The predicted octanol–water partition coefficient (Wildman–Crippen LogP) is 1.55. The molecule has 2 atom stereocenters. The molecule has 4 heterocycles. The fourth-order valence-electron chi connectivity index (χ4n) is 3.83. The van der Waals surface area contributed by atoms with E-state index in [-0.39, 0.29) is 12.1 Å². The molecule has 2 aliphatic rings. The number of nitrogens with one attached hydrogen (secondary N) is 2. The third-order valence-corrected chi connectivity index (χ3v) is 5.35. The van der Waals surface area contributed by atoms with Crippen LogP contribution in [0.5, 0.6) is 0 Å². The average molecular weight is 409 g/mol. The molecule has 0 unspecified atom stereocenters.